The van der Waals surface area contributed by atoms with Gasteiger partial charge in [0.15, 0.2) is 0 Å². The van der Waals surface area contributed by atoms with E-state index in [0.717, 1.165) is 22.7 Å². The van der Waals surface area contributed by atoms with E-state index in [4.69, 9.17) is 4.55 Å². The van der Waals surface area contributed by atoms with Crippen molar-refractivity contribution in [3.8, 4) is 0 Å². The van der Waals surface area contributed by atoms with Crippen LogP contribution in [0.4, 0.5) is 0 Å². The highest BCUT2D eigenvalue weighted by Gasteiger charge is 2.18. The van der Waals surface area contributed by atoms with Crippen LogP contribution in [0.3, 0.4) is 0 Å². The van der Waals surface area contributed by atoms with Crippen molar-refractivity contribution in [2.24, 2.45) is 0 Å². The molecule has 0 spiro atoms. The van der Waals surface area contributed by atoms with Gasteiger partial charge >= 0.3 is 0 Å². The maximum atomic E-state index is 10.6. The van der Waals surface area contributed by atoms with Gasteiger partial charge in [0.25, 0.3) is 10.1 Å². The third-order valence-electron chi connectivity index (χ3n) is 2.77. The molecular formula is C12H16NO3S2+. The molecule has 0 aliphatic carbocycles. The van der Waals surface area contributed by atoms with Crippen molar-refractivity contribution in [3.05, 3.63) is 29.3 Å². The summed E-state index contributed by atoms with van der Waals surface area (Å²) in [5, 5.41) is 1.11. The zero-order valence-electron chi connectivity index (χ0n) is 10.2. The Balaban J connectivity index is 2.06. The molecule has 1 aromatic heterocycles. The van der Waals surface area contributed by atoms with E-state index < -0.39 is 10.1 Å². The molecule has 0 amide bonds. The standard InChI is InChI=1S/C12H15NO3S2/c1-10-13-11-6-2-3-7-12(11)17(10)8-4-5-9-18(14,15)16/h2-3,6-7H,4-5,8-9H2,1H3/p+1. The minimum Gasteiger partial charge on any atom is -0.286 e. The van der Waals surface area contributed by atoms with Crippen LogP contribution in [0.15, 0.2) is 24.3 Å². The minimum absolute atomic E-state index is 0.00171. The van der Waals surface area contributed by atoms with Gasteiger partial charge in [-0.3, -0.25) is 4.55 Å². The number of para-hydroxylation sites is 1. The number of thiazole rings is 1. The number of rotatable bonds is 5. The maximum absolute atomic E-state index is 10.6. The van der Waals surface area contributed by atoms with Crippen LogP contribution < -0.4 is 0 Å². The van der Waals surface area contributed by atoms with Crippen LogP contribution in [-0.2, 0) is 15.9 Å². The summed E-state index contributed by atoms with van der Waals surface area (Å²) in [4.78, 5) is 4.52. The number of benzene rings is 1. The fraction of sp³-hybridized carbons (Fsp3) is 0.417. The molecule has 18 heavy (non-hydrogen) atoms. The van der Waals surface area contributed by atoms with E-state index in [0.29, 0.717) is 6.42 Å². The molecule has 1 N–H and O–H groups in total. The Hall–Kier alpha value is -0.980. The van der Waals surface area contributed by atoms with Crippen LogP contribution >= 0.6 is 10.5 Å². The summed E-state index contributed by atoms with van der Waals surface area (Å²) in [7, 11) is -3.82. The van der Waals surface area contributed by atoms with Gasteiger partial charge in [-0.15, -0.1) is 0 Å². The lowest BCUT2D eigenvalue weighted by Crippen LogP contribution is -2.03. The molecule has 4 nitrogen and oxygen atoms in total. The van der Waals surface area contributed by atoms with Crippen LogP contribution in [0.25, 0.3) is 10.2 Å². The monoisotopic (exact) mass is 286 g/mol. The summed E-state index contributed by atoms with van der Waals surface area (Å²) in [5.41, 5.74) is 1.04. The Kier molecular flexibility index (Phi) is 3.99. The molecule has 0 bridgehead atoms. The molecule has 1 atom stereocenters. The topological polar surface area (TPSA) is 67.3 Å². The van der Waals surface area contributed by atoms with Crippen molar-refractivity contribution in [3.63, 3.8) is 0 Å². The second-order valence-electron chi connectivity index (χ2n) is 4.19. The van der Waals surface area contributed by atoms with E-state index in [-0.39, 0.29) is 16.2 Å². The van der Waals surface area contributed by atoms with E-state index in [1.165, 1.54) is 4.70 Å². The van der Waals surface area contributed by atoms with E-state index >= 15 is 0 Å². The van der Waals surface area contributed by atoms with Crippen LogP contribution in [0, 0.1) is 6.92 Å². The highest BCUT2D eigenvalue weighted by atomic mass is 32.2. The van der Waals surface area contributed by atoms with Crippen LogP contribution in [-0.4, -0.2) is 23.7 Å². The molecule has 0 aliphatic rings. The van der Waals surface area contributed by atoms with Crippen LogP contribution in [0.5, 0.6) is 0 Å². The van der Waals surface area contributed by atoms with Crippen molar-refractivity contribution in [1.82, 2.24) is 4.98 Å². The van der Waals surface area contributed by atoms with E-state index in [1.54, 1.807) is 0 Å². The molecule has 0 saturated carbocycles. The minimum atomic E-state index is -3.82. The predicted octanol–water partition coefficient (Wildman–Crippen LogP) is 2.96. The summed E-state index contributed by atoms with van der Waals surface area (Å²) < 4.78 is 31.2. The second kappa shape index (κ2) is 5.34. The van der Waals surface area contributed by atoms with Crippen molar-refractivity contribution in [2.45, 2.75) is 25.5 Å². The molecule has 1 unspecified atom stereocenters. The first kappa shape index (κ1) is 13.5. The summed E-state index contributed by atoms with van der Waals surface area (Å²) >= 11 is 0. The van der Waals surface area contributed by atoms with Crippen LogP contribution in [0.1, 0.15) is 17.8 Å². The fourth-order valence-electron chi connectivity index (χ4n) is 1.93. The molecule has 2 aromatic rings. The predicted molar refractivity (Wildman–Crippen MR) is 74.6 cm³/mol. The van der Waals surface area contributed by atoms with E-state index in [1.807, 2.05) is 25.1 Å². The van der Waals surface area contributed by atoms with Gasteiger partial charge < -0.3 is 0 Å². The molecule has 0 radical (unpaired) electrons. The molecule has 1 aromatic carbocycles. The number of fused-ring (bicyclic) bond motifs is 1. The largest absolute Gasteiger partial charge is 0.286 e. The first-order valence-electron chi connectivity index (χ1n) is 5.78. The number of aromatic nitrogens is 1. The third-order valence-corrected chi connectivity index (χ3v) is 5.95. The average molecular weight is 286 g/mol. The molecule has 0 fully saturated rings. The first-order chi connectivity index (χ1) is 8.47. The molecular weight excluding hydrogens is 270 g/mol. The van der Waals surface area contributed by atoms with Gasteiger partial charge in [0.1, 0.15) is 11.3 Å². The average Bonchev–Trinajstić information content (AvgIpc) is 2.59. The summed E-state index contributed by atoms with van der Waals surface area (Å²) in [5.74, 6) is 0.754. The van der Waals surface area contributed by atoms with E-state index in [2.05, 4.69) is 11.1 Å². The quantitative estimate of drug-likeness (QED) is 0.521. The second-order valence-corrected chi connectivity index (χ2v) is 7.98. The maximum Gasteiger partial charge on any atom is 0.264 e. The lowest BCUT2D eigenvalue weighted by molar-refractivity contribution is 0.480. The Morgan fingerprint density at radius 2 is 2.00 bits per heavy atom. The lowest BCUT2D eigenvalue weighted by atomic mass is 10.3. The van der Waals surface area contributed by atoms with Crippen molar-refractivity contribution in [1.29, 1.82) is 0 Å². The Labute approximate surface area is 109 Å². The lowest BCUT2D eigenvalue weighted by Gasteiger charge is -1.95. The number of unbranched alkanes of at least 4 members (excludes halogenated alkanes) is 1. The smallest absolute Gasteiger partial charge is 0.264 e. The Bertz CT molecular complexity index is 646. The normalized spacial score (nSPS) is 13.1. The highest BCUT2D eigenvalue weighted by molar-refractivity contribution is 7.85. The zero-order chi connectivity index (χ0) is 13.2. The molecule has 98 valence electrons. The Morgan fingerprint density at radius 3 is 2.72 bits per heavy atom. The van der Waals surface area contributed by atoms with Crippen molar-refractivity contribution < 1.29 is 13.0 Å². The summed E-state index contributed by atoms with van der Waals surface area (Å²) in [6, 6.07) is 8.07. The van der Waals surface area contributed by atoms with Gasteiger partial charge in [-0.25, -0.2) is 0 Å². The molecule has 1 heterocycles. The van der Waals surface area contributed by atoms with E-state index in [9.17, 15) is 8.42 Å². The highest BCUT2D eigenvalue weighted by Crippen LogP contribution is 2.35. The number of hydrogen-bond donors (Lipinski definition) is 1. The van der Waals surface area contributed by atoms with Gasteiger partial charge in [-0.1, -0.05) is 12.1 Å². The van der Waals surface area contributed by atoms with Gasteiger partial charge in [-0.2, -0.15) is 13.4 Å². The van der Waals surface area contributed by atoms with Gasteiger partial charge in [0.05, 0.1) is 5.75 Å². The van der Waals surface area contributed by atoms with Gasteiger partial charge in [-0.05, 0) is 18.9 Å². The van der Waals surface area contributed by atoms with Crippen LogP contribution in [0.2, 0.25) is 0 Å². The van der Waals surface area contributed by atoms with Crippen molar-refractivity contribution >= 4 is 30.8 Å². The first-order valence-corrected chi connectivity index (χ1v) is 8.78. The molecule has 2 rings (SSSR count). The SMILES string of the molecule is Cc1nc2ccccc2[s+]1CCCCS(=O)(=O)O. The third kappa shape index (κ3) is 3.28. The molecule has 0 saturated heterocycles. The molecule has 6 heteroatoms. The summed E-state index contributed by atoms with van der Waals surface area (Å²) in [6.45, 7) is 2.02. The summed E-state index contributed by atoms with van der Waals surface area (Å²) in [6.07, 6.45) is 1.28. The van der Waals surface area contributed by atoms with Gasteiger partial charge in [0, 0.05) is 23.5 Å². The molecule has 0 aliphatic heterocycles. The van der Waals surface area contributed by atoms with Gasteiger partial charge in [0.2, 0.25) is 9.71 Å². The zero-order valence-corrected chi connectivity index (χ0v) is 11.8. The Morgan fingerprint density at radius 1 is 1.28 bits per heavy atom. The number of aryl methyl sites for hydroxylation is 2. The number of nitrogens with zero attached hydrogens (tertiary/aromatic N) is 1. The fourth-order valence-corrected chi connectivity index (χ4v) is 4.64. The number of hydrogen-bond acceptors (Lipinski definition) is 3. The van der Waals surface area contributed by atoms with Crippen molar-refractivity contribution in [2.75, 3.05) is 5.75 Å².